The third-order valence-corrected chi connectivity index (χ3v) is 2.75. The van der Waals surface area contributed by atoms with Crippen LogP contribution in [0.25, 0.3) is 10.9 Å². The number of nitrogens with zero attached hydrogens (tertiary/aromatic N) is 4. The Morgan fingerprint density at radius 1 is 1.25 bits per heavy atom. The van der Waals surface area contributed by atoms with Crippen molar-refractivity contribution in [3.63, 3.8) is 0 Å². The number of benzene rings is 1. The monoisotopic (exact) mass is 268 g/mol. The molecular weight excluding hydrogens is 256 g/mol. The Balaban J connectivity index is 1.89. The Bertz CT molecular complexity index is 761. The second-order valence-electron chi connectivity index (χ2n) is 4.23. The summed E-state index contributed by atoms with van der Waals surface area (Å²) in [5.74, 6) is 0.821. The molecule has 7 heteroatoms. The van der Waals surface area contributed by atoms with Gasteiger partial charge in [0, 0.05) is 17.6 Å². The van der Waals surface area contributed by atoms with E-state index in [1.807, 2.05) is 24.3 Å². The van der Waals surface area contributed by atoms with Crippen LogP contribution in [0, 0.1) is 0 Å². The standard InChI is InChI=1S/C13H12N6O/c14-11(20)7-19-6-5-12(18-19)17-13-9-3-1-2-4-10(9)15-8-16-13/h1-6,8H,7H2,(H2,14,20)(H,15,16,17,18). The third-order valence-electron chi connectivity index (χ3n) is 2.75. The van der Waals surface area contributed by atoms with Crippen molar-refractivity contribution in [1.82, 2.24) is 19.7 Å². The molecule has 0 radical (unpaired) electrons. The van der Waals surface area contributed by atoms with Crippen molar-refractivity contribution in [3.8, 4) is 0 Å². The van der Waals surface area contributed by atoms with Gasteiger partial charge in [-0.3, -0.25) is 9.48 Å². The highest BCUT2D eigenvalue weighted by Crippen LogP contribution is 2.21. The lowest BCUT2D eigenvalue weighted by molar-refractivity contribution is -0.118. The number of primary amides is 1. The highest BCUT2D eigenvalue weighted by molar-refractivity contribution is 5.90. The molecule has 0 saturated heterocycles. The average Bonchev–Trinajstić information content (AvgIpc) is 2.86. The molecule has 0 aliphatic rings. The van der Waals surface area contributed by atoms with Gasteiger partial charge in [0.1, 0.15) is 18.7 Å². The van der Waals surface area contributed by atoms with E-state index in [9.17, 15) is 4.79 Å². The molecule has 1 aromatic carbocycles. The molecule has 3 aromatic rings. The molecule has 2 aromatic heterocycles. The average molecular weight is 268 g/mol. The first kappa shape index (κ1) is 12.1. The Hall–Kier alpha value is -2.96. The smallest absolute Gasteiger partial charge is 0.239 e. The predicted molar refractivity (Wildman–Crippen MR) is 74.2 cm³/mol. The second kappa shape index (κ2) is 4.96. The van der Waals surface area contributed by atoms with E-state index in [0.29, 0.717) is 11.6 Å². The van der Waals surface area contributed by atoms with Crippen molar-refractivity contribution >= 4 is 28.4 Å². The molecule has 0 saturated carbocycles. The van der Waals surface area contributed by atoms with Crippen molar-refractivity contribution < 1.29 is 4.79 Å². The van der Waals surface area contributed by atoms with Crippen LogP contribution < -0.4 is 11.1 Å². The number of carbonyl (C=O) groups is 1. The molecule has 0 aliphatic carbocycles. The number of fused-ring (bicyclic) bond motifs is 1. The maximum absolute atomic E-state index is 10.8. The van der Waals surface area contributed by atoms with E-state index >= 15 is 0 Å². The Morgan fingerprint density at radius 2 is 2.10 bits per heavy atom. The number of carbonyl (C=O) groups excluding carboxylic acids is 1. The number of aromatic nitrogens is 4. The topological polar surface area (TPSA) is 98.7 Å². The normalized spacial score (nSPS) is 10.6. The van der Waals surface area contributed by atoms with Crippen LogP contribution in [-0.2, 0) is 11.3 Å². The summed E-state index contributed by atoms with van der Waals surface area (Å²) in [4.78, 5) is 19.2. The molecular formula is C13H12N6O. The summed E-state index contributed by atoms with van der Waals surface area (Å²) >= 11 is 0. The molecule has 0 atom stereocenters. The molecule has 0 spiro atoms. The summed E-state index contributed by atoms with van der Waals surface area (Å²) in [7, 11) is 0. The molecule has 7 nitrogen and oxygen atoms in total. The molecule has 0 bridgehead atoms. The van der Waals surface area contributed by atoms with Gasteiger partial charge in [-0.25, -0.2) is 9.97 Å². The van der Waals surface area contributed by atoms with Gasteiger partial charge >= 0.3 is 0 Å². The quantitative estimate of drug-likeness (QED) is 0.737. The summed E-state index contributed by atoms with van der Waals surface area (Å²) in [5.41, 5.74) is 5.97. The summed E-state index contributed by atoms with van der Waals surface area (Å²) in [6, 6.07) is 9.43. The van der Waals surface area contributed by atoms with Crippen LogP contribution in [0.5, 0.6) is 0 Å². The first-order valence-corrected chi connectivity index (χ1v) is 6.01. The Morgan fingerprint density at radius 3 is 2.95 bits per heavy atom. The zero-order valence-electron chi connectivity index (χ0n) is 10.5. The van der Waals surface area contributed by atoms with E-state index < -0.39 is 5.91 Å². The van der Waals surface area contributed by atoms with Gasteiger partial charge < -0.3 is 11.1 Å². The van der Waals surface area contributed by atoms with E-state index in [2.05, 4.69) is 20.4 Å². The molecule has 1 amide bonds. The number of rotatable bonds is 4. The van der Waals surface area contributed by atoms with Gasteiger partial charge in [0.25, 0.3) is 0 Å². The molecule has 20 heavy (non-hydrogen) atoms. The van der Waals surface area contributed by atoms with Crippen molar-refractivity contribution in [2.45, 2.75) is 6.54 Å². The van der Waals surface area contributed by atoms with E-state index in [4.69, 9.17) is 5.73 Å². The largest absolute Gasteiger partial charge is 0.368 e. The lowest BCUT2D eigenvalue weighted by Crippen LogP contribution is -2.18. The number of anilines is 2. The lowest BCUT2D eigenvalue weighted by Gasteiger charge is -2.05. The number of para-hydroxylation sites is 1. The van der Waals surface area contributed by atoms with Crippen molar-refractivity contribution in [2.75, 3.05) is 5.32 Å². The van der Waals surface area contributed by atoms with Gasteiger partial charge in [-0.15, -0.1) is 0 Å². The molecule has 100 valence electrons. The van der Waals surface area contributed by atoms with E-state index in [1.54, 1.807) is 12.3 Å². The SMILES string of the molecule is NC(=O)Cn1ccc(Nc2ncnc3ccccc23)n1. The molecule has 2 heterocycles. The van der Waals surface area contributed by atoms with Crippen LogP contribution in [0.3, 0.4) is 0 Å². The van der Waals surface area contributed by atoms with Gasteiger partial charge in [-0.2, -0.15) is 5.10 Å². The fourth-order valence-corrected chi connectivity index (χ4v) is 1.90. The van der Waals surface area contributed by atoms with Gasteiger partial charge in [0.05, 0.1) is 5.52 Å². The fraction of sp³-hybridized carbons (Fsp3) is 0.0769. The lowest BCUT2D eigenvalue weighted by atomic mass is 10.2. The third kappa shape index (κ3) is 2.41. The summed E-state index contributed by atoms with van der Waals surface area (Å²) < 4.78 is 1.47. The summed E-state index contributed by atoms with van der Waals surface area (Å²) in [6.45, 7) is 0.0478. The van der Waals surface area contributed by atoms with Crippen molar-refractivity contribution in [2.24, 2.45) is 5.73 Å². The second-order valence-corrected chi connectivity index (χ2v) is 4.23. The van der Waals surface area contributed by atoms with Crippen LogP contribution in [0.2, 0.25) is 0 Å². The first-order chi connectivity index (χ1) is 9.72. The van der Waals surface area contributed by atoms with Crippen LogP contribution in [0.4, 0.5) is 11.6 Å². The minimum absolute atomic E-state index is 0.0478. The number of amides is 1. The summed E-state index contributed by atoms with van der Waals surface area (Å²) in [5, 5.41) is 8.20. The highest BCUT2D eigenvalue weighted by atomic mass is 16.1. The van der Waals surface area contributed by atoms with Gasteiger partial charge in [0.2, 0.25) is 5.91 Å². The first-order valence-electron chi connectivity index (χ1n) is 6.01. The highest BCUT2D eigenvalue weighted by Gasteiger charge is 2.06. The van der Waals surface area contributed by atoms with Gasteiger partial charge in [-0.1, -0.05) is 12.1 Å². The van der Waals surface area contributed by atoms with Crippen LogP contribution >= 0.6 is 0 Å². The van der Waals surface area contributed by atoms with Crippen LogP contribution in [0.15, 0.2) is 42.9 Å². The Kier molecular flexibility index (Phi) is 3.00. The zero-order valence-corrected chi connectivity index (χ0v) is 10.5. The maximum Gasteiger partial charge on any atom is 0.239 e. The number of nitrogens with two attached hydrogens (primary N) is 1. The minimum atomic E-state index is -0.438. The zero-order chi connectivity index (χ0) is 13.9. The van der Waals surface area contributed by atoms with Gasteiger partial charge in [0.15, 0.2) is 5.82 Å². The van der Waals surface area contributed by atoms with E-state index in [0.717, 1.165) is 10.9 Å². The van der Waals surface area contributed by atoms with E-state index in [-0.39, 0.29) is 6.54 Å². The predicted octanol–water partition coefficient (Wildman–Crippen LogP) is 1.06. The molecule has 3 N–H and O–H groups in total. The number of hydrogen-bond acceptors (Lipinski definition) is 5. The molecule has 0 fully saturated rings. The van der Waals surface area contributed by atoms with E-state index in [1.165, 1.54) is 11.0 Å². The molecule has 0 aliphatic heterocycles. The van der Waals surface area contributed by atoms with Crippen molar-refractivity contribution in [3.05, 3.63) is 42.9 Å². The van der Waals surface area contributed by atoms with Crippen LogP contribution in [-0.4, -0.2) is 25.7 Å². The van der Waals surface area contributed by atoms with Gasteiger partial charge in [-0.05, 0) is 12.1 Å². The number of nitrogens with one attached hydrogen (secondary N) is 1. The minimum Gasteiger partial charge on any atom is -0.368 e. The molecule has 0 unspecified atom stereocenters. The maximum atomic E-state index is 10.8. The van der Waals surface area contributed by atoms with Crippen molar-refractivity contribution in [1.29, 1.82) is 0 Å². The van der Waals surface area contributed by atoms with Crippen LogP contribution in [0.1, 0.15) is 0 Å². The summed E-state index contributed by atoms with van der Waals surface area (Å²) in [6.07, 6.45) is 3.17. The fourth-order valence-electron chi connectivity index (χ4n) is 1.90. The Labute approximate surface area is 114 Å². The number of hydrogen-bond donors (Lipinski definition) is 2. The molecule has 3 rings (SSSR count).